The molecule has 1 fully saturated rings. The van der Waals surface area contributed by atoms with Crippen molar-refractivity contribution in [1.29, 1.82) is 0 Å². The Labute approximate surface area is 205 Å². The van der Waals surface area contributed by atoms with Crippen molar-refractivity contribution in [3.8, 4) is 17.1 Å². The Morgan fingerprint density at radius 3 is 2.50 bits per heavy atom. The number of methoxy groups -OCH3 is 1. The first-order valence-corrected chi connectivity index (χ1v) is 13.1. The third-order valence-electron chi connectivity index (χ3n) is 7.02. The van der Waals surface area contributed by atoms with Crippen LogP contribution in [0.1, 0.15) is 56.2 Å². The summed E-state index contributed by atoms with van der Waals surface area (Å²) in [5, 5.41) is 9.81. The molecular weight excluding hydrogens is 444 g/mol. The lowest BCUT2D eigenvalue weighted by atomic mass is 9.95. The number of amides is 1. The first-order valence-electron chi connectivity index (χ1n) is 12.3. The minimum Gasteiger partial charge on any atom is -0.497 e. The molecule has 2 heterocycles. The van der Waals surface area contributed by atoms with Crippen LogP contribution in [0.3, 0.4) is 0 Å². The molecule has 1 aliphatic carbocycles. The number of fused-ring (bicyclic) bond motifs is 1. The van der Waals surface area contributed by atoms with Crippen molar-refractivity contribution in [3.63, 3.8) is 0 Å². The molecule has 0 bridgehead atoms. The molecule has 6 nitrogen and oxygen atoms in total. The Hall–Kier alpha value is -2.80. The van der Waals surface area contributed by atoms with Crippen molar-refractivity contribution in [1.82, 2.24) is 19.7 Å². The summed E-state index contributed by atoms with van der Waals surface area (Å²) >= 11 is 1.54. The number of aromatic nitrogens is 3. The second kappa shape index (κ2) is 10.2. The highest BCUT2D eigenvalue weighted by molar-refractivity contribution is 8.00. The van der Waals surface area contributed by atoms with Crippen molar-refractivity contribution < 1.29 is 9.53 Å². The molecule has 2 aliphatic rings. The van der Waals surface area contributed by atoms with Crippen LogP contribution in [0.2, 0.25) is 0 Å². The molecule has 178 valence electrons. The summed E-state index contributed by atoms with van der Waals surface area (Å²) < 4.78 is 7.62. The molecule has 0 N–H and O–H groups in total. The molecule has 5 rings (SSSR count). The highest BCUT2D eigenvalue weighted by atomic mass is 32.2. The second-order valence-electron chi connectivity index (χ2n) is 9.24. The predicted molar refractivity (Wildman–Crippen MR) is 135 cm³/mol. The van der Waals surface area contributed by atoms with Gasteiger partial charge in [0.1, 0.15) is 5.75 Å². The number of ether oxygens (including phenoxy) is 1. The van der Waals surface area contributed by atoms with Gasteiger partial charge in [0.2, 0.25) is 5.91 Å². The van der Waals surface area contributed by atoms with Crippen LogP contribution in [-0.4, -0.2) is 44.5 Å². The van der Waals surface area contributed by atoms with E-state index in [9.17, 15) is 4.79 Å². The lowest BCUT2D eigenvalue weighted by Crippen LogP contribution is -2.40. The Balaban J connectivity index is 1.38. The van der Waals surface area contributed by atoms with Gasteiger partial charge >= 0.3 is 0 Å². The van der Waals surface area contributed by atoms with Gasteiger partial charge in [-0.05, 0) is 61.6 Å². The van der Waals surface area contributed by atoms with E-state index in [0.29, 0.717) is 12.6 Å². The molecule has 2 aromatic carbocycles. The average molecular weight is 477 g/mol. The lowest BCUT2D eigenvalue weighted by Gasteiger charge is -2.31. The molecule has 1 amide bonds. The standard InChI is InChI=1S/C27H32N4O2S/c1-19(26(32)30-17-16-20-8-6-7-9-22(20)18-30)34-27-29-28-25(21-12-14-24(33-2)15-13-21)31(27)23-10-4-3-5-11-23/h6-9,12-15,19,23H,3-5,10-11,16-18H2,1-2H3. The Morgan fingerprint density at radius 2 is 1.76 bits per heavy atom. The summed E-state index contributed by atoms with van der Waals surface area (Å²) in [6.45, 7) is 3.46. The van der Waals surface area contributed by atoms with Gasteiger partial charge in [0.05, 0.1) is 12.4 Å². The van der Waals surface area contributed by atoms with Gasteiger partial charge < -0.3 is 9.64 Å². The van der Waals surface area contributed by atoms with Crippen LogP contribution in [0.15, 0.2) is 53.7 Å². The van der Waals surface area contributed by atoms with Gasteiger partial charge in [0.15, 0.2) is 11.0 Å². The maximum atomic E-state index is 13.4. The Bertz CT molecular complexity index is 1140. The molecule has 1 atom stereocenters. The number of carbonyl (C=O) groups excluding carboxylic acids is 1. The molecule has 1 saturated carbocycles. The van der Waals surface area contributed by atoms with Crippen molar-refractivity contribution in [2.24, 2.45) is 0 Å². The van der Waals surface area contributed by atoms with Crippen molar-refractivity contribution >= 4 is 17.7 Å². The van der Waals surface area contributed by atoms with Crippen LogP contribution < -0.4 is 4.74 Å². The SMILES string of the molecule is COc1ccc(-c2nnc(SC(C)C(=O)N3CCc4ccccc4C3)n2C2CCCCC2)cc1. The largest absolute Gasteiger partial charge is 0.497 e. The topological polar surface area (TPSA) is 60.3 Å². The van der Waals surface area contributed by atoms with Gasteiger partial charge in [-0.1, -0.05) is 55.3 Å². The zero-order valence-electron chi connectivity index (χ0n) is 19.9. The van der Waals surface area contributed by atoms with Crippen molar-refractivity contribution in [2.45, 2.75) is 68.4 Å². The summed E-state index contributed by atoms with van der Waals surface area (Å²) in [6, 6.07) is 16.8. The lowest BCUT2D eigenvalue weighted by molar-refractivity contribution is -0.131. The Morgan fingerprint density at radius 1 is 1.03 bits per heavy atom. The maximum absolute atomic E-state index is 13.4. The fraction of sp³-hybridized carbons (Fsp3) is 0.444. The van der Waals surface area contributed by atoms with Gasteiger partial charge in [-0.15, -0.1) is 10.2 Å². The van der Waals surface area contributed by atoms with E-state index >= 15 is 0 Å². The zero-order valence-corrected chi connectivity index (χ0v) is 20.8. The number of benzene rings is 2. The number of rotatable bonds is 6. The minimum absolute atomic E-state index is 0.170. The van der Waals surface area contributed by atoms with Crippen LogP contribution in [-0.2, 0) is 17.8 Å². The van der Waals surface area contributed by atoms with E-state index < -0.39 is 0 Å². The summed E-state index contributed by atoms with van der Waals surface area (Å²) in [6.07, 6.45) is 6.89. The minimum atomic E-state index is -0.222. The second-order valence-corrected chi connectivity index (χ2v) is 10.5. The zero-order chi connectivity index (χ0) is 23.5. The molecule has 1 aromatic heterocycles. The van der Waals surface area contributed by atoms with E-state index in [1.807, 2.05) is 36.1 Å². The van der Waals surface area contributed by atoms with E-state index in [4.69, 9.17) is 4.74 Å². The molecular formula is C27H32N4O2S. The van der Waals surface area contributed by atoms with Crippen LogP contribution in [0.4, 0.5) is 0 Å². The van der Waals surface area contributed by atoms with Gasteiger partial charge in [0, 0.05) is 24.7 Å². The van der Waals surface area contributed by atoms with Gasteiger partial charge in [-0.3, -0.25) is 9.36 Å². The fourth-order valence-corrected chi connectivity index (χ4v) is 6.12. The van der Waals surface area contributed by atoms with Crippen LogP contribution in [0.25, 0.3) is 11.4 Å². The third-order valence-corrected chi connectivity index (χ3v) is 8.07. The number of nitrogens with zero attached hydrogens (tertiary/aromatic N) is 4. The fourth-order valence-electron chi connectivity index (χ4n) is 5.11. The Kier molecular flexibility index (Phi) is 6.90. The normalized spacial score (nSPS) is 17.3. The maximum Gasteiger partial charge on any atom is 0.236 e. The smallest absolute Gasteiger partial charge is 0.236 e. The summed E-state index contributed by atoms with van der Waals surface area (Å²) in [7, 11) is 1.67. The van der Waals surface area contributed by atoms with Crippen LogP contribution in [0.5, 0.6) is 5.75 Å². The molecule has 34 heavy (non-hydrogen) atoms. The molecule has 0 spiro atoms. The van der Waals surface area contributed by atoms with Crippen LogP contribution >= 0.6 is 11.8 Å². The number of hydrogen-bond donors (Lipinski definition) is 0. The van der Waals surface area contributed by atoms with E-state index in [-0.39, 0.29) is 11.2 Å². The molecule has 3 aromatic rings. The summed E-state index contributed by atoms with van der Waals surface area (Å²) in [5.74, 6) is 1.87. The summed E-state index contributed by atoms with van der Waals surface area (Å²) in [5.41, 5.74) is 3.64. The van der Waals surface area contributed by atoms with Gasteiger partial charge in [-0.25, -0.2) is 0 Å². The number of carbonyl (C=O) groups is 1. The highest BCUT2D eigenvalue weighted by Crippen LogP contribution is 2.37. The van der Waals surface area contributed by atoms with E-state index in [1.165, 1.54) is 30.4 Å². The molecule has 0 radical (unpaired) electrons. The summed E-state index contributed by atoms with van der Waals surface area (Å²) in [4.78, 5) is 15.4. The van der Waals surface area contributed by atoms with E-state index in [2.05, 4.69) is 39.0 Å². The average Bonchev–Trinajstić information content (AvgIpc) is 3.31. The molecule has 0 saturated heterocycles. The van der Waals surface area contributed by atoms with Gasteiger partial charge in [0.25, 0.3) is 0 Å². The van der Waals surface area contributed by atoms with Crippen molar-refractivity contribution in [3.05, 3.63) is 59.7 Å². The monoisotopic (exact) mass is 476 g/mol. The number of thioether (sulfide) groups is 1. The third kappa shape index (κ3) is 4.71. The van der Waals surface area contributed by atoms with Crippen LogP contribution in [0, 0.1) is 0 Å². The molecule has 1 unspecified atom stereocenters. The first-order chi connectivity index (χ1) is 16.6. The van der Waals surface area contributed by atoms with E-state index in [1.54, 1.807) is 18.9 Å². The van der Waals surface area contributed by atoms with Gasteiger partial charge in [-0.2, -0.15) is 0 Å². The molecule has 1 aliphatic heterocycles. The van der Waals surface area contributed by atoms with E-state index in [0.717, 1.165) is 48.1 Å². The molecule has 7 heteroatoms. The predicted octanol–water partition coefficient (Wildman–Crippen LogP) is 5.52. The quantitative estimate of drug-likeness (QED) is 0.438. The van der Waals surface area contributed by atoms with Crippen molar-refractivity contribution in [2.75, 3.05) is 13.7 Å². The first kappa shape index (κ1) is 23.0. The highest BCUT2D eigenvalue weighted by Gasteiger charge is 2.29. The number of hydrogen-bond acceptors (Lipinski definition) is 5.